The van der Waals surface area contributed by atoms with Crippen LogP contribution in [0.2, 0.25) is 0 Å². The number of carboxylic acid groups (broad SMARTS) is 1. The van der Waals surface area contributed by atoms with Gasteiger partial charge in [-0.25, -0.2) is 4.79 Å². The normalized spacial score (nSPS) is 16.0. The van der Waals surface area contributed by atoms with Gasteiger partial charge in [-0.05, 0) is 38.7 Å². The van der Waals surface area contributed by atoms with E-state index in [4.69, 9.17) is 14.2 Å². The van der Waals surface area contributed by atoms with E-state index in [1.807, 2.05) is 6.92 Å². The summed E-state index contributed by atoms with van der Waals surface area (Å²) in [5, 5.41) is 9.26. The van der Waals surface area contributed by atoms with Gasteiger partial charge in [0.05, 0.1) is 24.1 Å². The monoisotopic (exact) mass is 376 g/mol. The fourth-order valence-corrected chi connectivity index (χ4v) is 3.34. The molecular formula is C19H24N2O6. The van der Waals surface area contributed by atoms with Crippen molar-refractivity contribution < 1.29 is 28.9 Å². The molecule has 0 spiro atoms. The molecule has 0 aliphatic heterocycles. The Morgan fingerprint density at radius 2 is 2.07 bits per heavy atom. The minimum absolute atomic E-state index is 0.163. The summed E-state index contributed by atoms with van der Waals surface area (Å²) in [6.45, 7) is 2.28. The van der Waals surface area contributed by atoms with Crippen molar-refractivity contribution in [3.8, 4) is 6.01 Å². The first kappa shape index (κ1) is 19.0. The first-order valence-corrected chi connectivity index (χ1v) is 9.27. The Hall–Kier alpha value is -2.77. The number of hydrogen-bond donors (Lipinski definition) is 2. The van der Waals surface area contributed by atoms with Crippen molar-refractivity contribution in [1.29, 1.82) is 0 Å². The molecule has 3 rings (SSSR count). The summed E-state index contributed by atoms with van der Waals surface area (Å²) >= 11 is 0. The molecule has 0 saturated heterocycles. The van der Waals surface area contributed by atoms with Crippen molar-refractivity contribution in [2.75, 3.05) is 6.61 Å². The number of fused-ring (bicyclic) bond motifs is 1. The number of carbonyl (C=O) groups is 2. The molecule has 2 N–H and O–H groups in total. The van der Waals surface area contributed by atoms with Crippen LogP contribution in [-0.4, -0.2) is 39.9 Å². The van der Waals surface area contributed by atoms with E-state index in [9.17, 15) is 14.7 Å². The molecule has 1 unspecified atom stereocenters. The molecule has 0 amide bonds. The SMILES string of the molecule is CCOc1nc2cccc(C(CC(=O)O)OC(=O)OC3CCCCC3)c2[nH]1. The van der Waals surface area contributed by atoms with Crippen LogP contribution in [0.5, 0.6) is 6.01 Å². The van der Waals surface area contributed by atoms with Gasteiger partial charge in [-0.15, -0.1) is 0 Å². The summed E-state index contributed by atoms with van der Waals surface area (Å²) in [5.41, 5.74) is 1.71. The Morgan fingerprint density at radius 1 is 1.30 bits per heavy atom. The molecule has 1 aliphatic rings. The van der Waals surface area contributed by atoms with Crippen LogP contribution in [0, 0.1) is 0 Å². The van der Waals surface area contributed by atoms with Crippen molar-refractivity contribution in [3.63, 3.8) is 0 Å². The van der Waals surface area contributed by atoms with Gasteiger partial charge in [0.2, 0.25) is 0 Å². The number of aromatic nitrogens is 2. The largest absolute Gasteiger partial charge is 0.509 e. The number of carboxylic acids is 1. The number of rotatable bonds is 7. The van der Waals surface area contributed by atoms with E-state index in [-0.39, 0.29) is 12.5 Å². The summed E-state index contributed by atoms with van der Waals surface area (Å²) in [7, 11) is 0. The lowest BCUT2D eigenvalue weighted by atomic mass is 9.98. The predicted octanol–water partition coefficient (Wildman–Crippen LogP) is 3.96. The van der Waals surface area contributed by atoms with Gasteiger partial charge in [0.1, 0.15) is 12.2 Å². The summed E-state index contributed by atoms with van der Waals surface area (Å²) in [6, 6.07) is 5.55. The molecule has 1 fully saturated rings. The molecule has 27 heavy (non-hydrogen) atoms. The third kappa shape index (κ3) is 4.90. The van der Waals surface area contributed by atoms with Gasteiger partial charge in [-0.2, -0.15) is 4.98 Å². The lowest BCUT2D eigenvalue weighted by molar-refractivity contribution is -0.139. The summed E-state index contributed by atoms with van der Waals surface area (Å²) in [6.07, 6.45) is 2.44. The van der Waals surface area contributed by atoms with Crippen LogP contribution in [0.15, 0.2) is 18.2 Å². The van der Waals surface area contributed by atoms with Crippen molar-refractivity contribution in [2.45, 2.75) is 57.7 Å². The molecule has 0 radical (unpaired) electrons. The number of carbonyl (C=O) groups excluding carboxylic acids is 1. The fourth-order valence-electron chi connectivity index (χ4n) is 3.34. The maximum atomic E-state index is 12.2. The van der Waals surface area contributed by atoms with E-state index in [2.05, 4.69) is 9.97 Å². The maximum Gasteiger partial charge on any atom is 0.509 e. The van der Waals surface area contributed by atoms with Gasteiger partial charge in [-0.1, -0.05) is 18.6 Å². The molecule has 8 heteroatoms. The van der Waals surface area contributed by atoms with Crippen molar-refractivity contribution >= 4 is 23.2 Å². The first-order valence-electron chi connectivity index (χ1n) is 9.27. The maximum absolute atomic E-state index is 12.2. The standard InChI is InChI=1S/C19H24N2O6/c1-2-25-18-20-14-10-6-9-13(17(14)21-18)15(11-16(22)23)27-19(24)26-12-7-4-3-5-8-12/h6,9-10,12,15H,2-5,7-8,11H2,1H3,(H,20,21)(H,22,23). The molecule has 146 valence electrons. The van der Waals surface area contributed by atoms with Crippen LogP contribution < -0.4 is 4.74 Å². The number of aliphatic carboxylic acids is 1. The zero-order valence-electron chi connectivity index (χ0n) is 15.3. The third-order valence-corrected chi connectivity index (χ3v) is 4.57. The quantitative estimate of drug-likeness (QED) is 0.704. The Balaban J connectivity index is 1.80. The highest BCUT2D eigenvalue weighted by Gasteiger charge is 2.26. The van der Waals surface area contributed by atoms with E-state index in [1.54, 1.807) is 18.2 Å². The number of nitrogens with one attached hydrogen (secondary N) is 1. The highest BCUT2D eigenvalue weighted by atomic mass is 16.7. The van der Waals surface area contributed by atoms with Crippen LogP contribution in [0.1, 0.15) is 57.1 Å². The van der Waals surface area contributed by atoms with Crippen molar-refractivity contribution in [3.05, 3.63) is 23.8 Å². The zero-order chi connectivity index (χ0) is 19.2. The van der Waals surface area contributed by atoms with E-state index >= 15 is 0 Å². The lowest BCUT2D eigenvalue weighted by Crippen LogP contribution is -2.23. The number of para-hydroxylation sites is 1. The van der Waals surface area contributed by atoms with Crippen LogP contribution in [0.25, 0.3) is 11.0 Å². The number of hydrogen-bond acceptors (Lipinski definition) is 6. The van der Waals surface area contributed by atoms with Crippen LogP contribution in [0.4, 0.5) is 4.79 Å². The Bertz CT molecular complexity index is 797. The molecule has 0 bridgehead atoms. The average molecular weight is 376 g/mol. The van der Waals surface area contributed by atoms with E-state index in [0.717, 1.165) is 32.1 Å². The molecule has 2 aromatic rings. The van der Waals surface area contributed by atoms with Gasteiger partial charge in [0.25, 0.3) is 6.01 Å². The number of ether oxygens (including phenoxy) is 3. The smallest absolute Gasteiger partial charge is 0.481 e. The molecule has 1 atom stereocenters. The molecule has 1 heterocycles. The van der Waals surface area contributed by atoms with Gasteiger partial charge in [0.15, 0.2) is 0 Å². The third-order valence-electron chi connectivity index (χ3n) is 4.57. The Labute approximate surface area is 156 Å². The Morgan fingerprint density at radius 3 is 2.78 bits per heavy atom. The summed E-state index contributed by atoms with van der Waals surface area (Å²) < 4.78 is 16.1. The summed E-state index contributed by atoms with van der Waals surface area (Å²) in [4.78, 5) is 30.9. The number of nitrogens with zero attached hydrogens (tertiary/aromatic N) is 1. The molecule has 1 aliphatic carbocycles. The van der Waals surface area contributed by atoms with Gasteiger partial charge in [-0.3, -0.25) is 4.79 Å². The second-order valence-corrected chi connectivity index (χ2v) is 6.55. The average Bonchev–Trinajstić information content (AvgIpc) is 3.04. The minimum atomic E-state index is -1.08. The molecule has 8 nitrogen and oxygen atoms in total. The van der Waals surface area contributed by atoms with E-state index in [0.29, 0.717) is 29.2 Å². The van der Waals surface area contributed by atoms with Crippen molar-refractivity contribution in [2.24, 2.45) is 0 Å². The van der Waals surface area contributed by atoms with Crippen LogP contribution >= 0.6 is 0 Å². The van der Waals surface area contributed by atoms with E-state index < -0.39 is 18.2 Å². The first-order chi connectivity index (χ1) is 13.1. The Kier molecular flexibility index (Phi) is 6.16. The molecule has 1 aromatic heterocycles. The predicted molar refractivity (Wildman–Crippen MR) is 96.7 cm³/mol. The second-order valence-electron chi connectivity index (χ2n) is 6.55. The summed E-state index contributed by atoms with van der Waals surface area (Å²) in [5.74, 6) is -1.08. The lowest BCUT2D eigenvalue weighted by Gasteiger charge is -2.23. The number of imidazole rings is 1. The minimum Gasteiger partial charge on any atom is -0.481 e. The fraction of sp³-hybridized carbons (Fsp3) is 0.526. The van der Waals surface area contributed by atoms with Crippen LogP contribution in [-0.2, 0) is 14.3 Å². The molecule has 1 aromatic carbocycles. The second kappa shape index (κ2) is 8.75. The van der Waals surface area contributed by atoms with E-state index in [1.165, 1.54) is 0 Å². The molecular weight excluding hydrogens is 352 g/mol. The van der Waals surface area contributed by atoms with Crippen molar-refractivity contribution in [1.82, 2.24) is 9.97 Å². The number of aromatic amines is 1. The zero-order valence-corrected chi connectivity index (χ0v) is 15.3. The van der Waals surface area contributed by atoms with Crippen LogP contribution in [0.3, 0.4) is 0 Å². The van der Waals surface area contributed by atoms with Gasteiger partial charge >= 0.3 is 12.1 Å². The highest BCUT2D eigenvalue weighted by Crippen LogP contribution is 2.30. The highest BCUT2D eigenvalue weighted by molar-refractivity contribution is 5.81. The number of benzene rings is 1. The number of H-pyrrole nitrogens is 1. The molecule has 1 saturated carbocycles. The van der Waals surface area contributed by atoms with Gasteiger partial charge in [0, 0.05) is 5.56 Å². The topological polar surface area (TPSA) is 111 Å². The van der Waals surface area contributed by atoms with Gasteiger partial charge < -0.3 is 24.3 Å².